The van der Waals surface area contributed by atoms with E-state index in [0.29, 0.717) is 0 Å². The van der Waals surface area contributed by atoms with Gasteiger partial charge in [0.15, 0.2) is 12.3 Å². The Labute approximate surface area is 264 Å². The minimum atomic E-state index is -5.18. The summed E-state index contributed by atoms with van der Waals surface area (Å²) in [7, 11) is 0. The van der Waals surface area contributed by atoms with Crippen LogP contribution in [-0.2, 0) is 11.3 Å². The number of pyridine rings is 1. The first kappa shape index (κ1) is 35.2. The number of alkyl halides is 8. The van der Waals surface area contributed by atoms with Crippen molar-refractivity contribution in [2.24, 2.45) is 5.92 Å². The van der Waals surface area contributed by atoms with E-state index in [1.165, 1.54) is 18.2 Å². The maximum atomic E-state index is 13.1. The molecule has 5 N–H and O–H groups in total. The SMILES string of the molecule is O=C(NC1CCC(C(F)(F)F)CC1)c1cc2[nH]c(Nc3c(Cl)ccc(CNC(=O)C(O)C(F)(F)F)c3Cl)nc2nc1OCC(F)F. The molecule has 2 amide bonds. The molecule has 46 heavy (non-hydrogen) atoms. The zero-order valence-corrected chi connectivity index (χ0v) is 24.6. The molecule has 0 spiro atoms. The number of benzene rings is 1. The van der Waals surface area contributed by atoms with E-state index >= 15 is 0 Å². The highest BCUT2D eigenvalue weighted by atomic mass is 35.5. The Morgan fingerprint density at radius 2 is 1.74 bits per heavy atom. The number of carbonyl (C=O) groups excluding carboxylic acids is 2. The maximum Gasteiger partial charge on any atom is 0.423 e. The highest BCUT2D eigenvalue weighted by molar-refractivity contribution is 6.39. The van der Waals surface area contributed by atoms with Crippen molar-refractivity contribution >= 4 is 57.8 Å². The van der Waals surface area contributed by atoms with Gasteiger partial charge in [-0.25, -0.2) is 8.78 Å². The molecule has 0 radical (unpaired) electrons. The molecule has 2 heterocycles. The zero-order valence-electron chi connectivity index (χ0n) is 23.1. The fraction of sp³-hybridized carbons (Fsp3) is 0.462. The fourth-order valence-electron chi connectivity index (χ4n) is 4.62. The number of imidazole rings is 1. The number of nitrogens with one attached hydrogen (secondary N) is 4. The molecule has 3 aromatic rings. The second kappa shape index (κ2) is 14.0. The smallest absolute Gasteiger partial charge is 0.423 e. The summed E-state index contributed by atoms with van der Waals surface area (Å²) < 4.78 is 108. The number of hydrogen-bond donors (Lipinski definition) is 5. The van der Waals surface area contributed by atoms with Gasteiger partial charge < -0.3 is 30.8 Å². The van der Waals surface area contributed by atoms with Gasteiger partial charge in [-0.3, -0.25) is 9.59 Å². The molecule has 10 nitrogen and oxygen atoms in total. The Morgan fingerprint density at radius 3 is 2.35 bits per heavy atom. The van der Waals surface area contributed by atoms with Gasteiger partial charge in [-0.05, 0) is 43.4 Å². The van der Waals surface area contributed by atoms with Gasteiger partial charge in [0.05, 0.1) is 27.2 Å². The predicted octanol–water partition coefficient (Wildman–Crippen LogP) is 6.04. The van der Waals surface area contributed by atoms with Crippen LogP contribution in [-0.4, -0.2) is 69.4 Å². The van der Waals surface area contributed by atoms with Gasteiger partial charge in [0.1, 0.15) is 5.56 Å². The minimum Gasteiger partial charge on any atom is -0.471 e. The molecule has 1 atom stereocenters. The summed E-state index contributed by atoms with van der Waals surface area (Å²) in [6, 6.07) is 3.20. The van der Waals surface area contributed by atoms with Gasteiger partial charge >= 0.3 is 12.4 Å². The molecule has 20 heteroatoms. The van der Waals surface area contributed by atoms with E-state index in [1.54, 1.807) is 0 Å². The van der Waals surface area contributed by atoms with Crippen molar-refractivity contribution in [3.8, 4) is 5.88 Å². The van der Waals surface area contributed by atoms with E-state index in [2.05, 4.69) is 25.6 Å². The molecule has 1 saturated carbocycles. The van der Waals surface area contributed by atoms with E-state index in [4.69, 9.17) is 33.0 Å². The number of carbonyl (C=O) groups is 2. The average Bonchev–Trinajstić information content (AvgIpc) is 3.37. The monoisotopic (exact) mass is 706 g/mol. The number of amides is 2. The molecule has 0 bridgehead atoms. The molecular weight excluding hydrogens is 683 g/mol. The number of hydrogen-bond acceptors (Lipinski definition) is 7. The van der Waals surface area contributed by atoms with Crippen LogP contribution in [0, 0.1) is 5.92 Å². The number of nitrogens with zero attached hydrogens (tertiary/aromatic N) is 2. The molecule has 252 valence electrons. The normalized spacial score (nSPS) is 18.0. The van der Waals surface area contributed by atoms with Crippen molar-refractivity contribution in [1.82, 2.24) is 25.6 Å². The van der Waals surface area contributed by atoms with Crippen molar-refractivity contribution in [2.45, 2.75) is 63.2 Å². The summed E-state index contributed by atoms with van der Waals surface area (Å²) >= 11 is 12.6. The van der Waals surface area contributed by atoms with Gasteiger partial charge in [0, 0.05) is 12.6 Å². The maximum absolute atomic E-state index is 13.1. The molecule has 1 aliphatic carbocycles. The Kier molecular flexibility index (Phi) is 10.7. The number of aromatic nitrogens is 3. The summed E-state index contributed by atoms with van der Waals surface area (Å²) in [5.41, 5.74) is -0.250. The number of aliphatic hydroxyl groups is 1. The first-order chi connectivity index (χ1) is 21.4. The lowest BCUT2D eigenvalue weighted by Gasteiger charge is -2.30. The number of aromatic amines is 1. The summed E-state index contributed by atoms with van der Waals surface area (Å²) in [5.74, 6) is -4.63. The van der Waals surface area contributed by atoms with Gasteiger partial charge in [-0.15, -0.1) is 0 Å². The molecule has 1 aliphatic rings. The number of H-pyrrole nitrogens is 1. The van der Waals surface area contributed by atoms with Gasteiger partial charge in [0.25, 0.3) is 18.2 Å². The largest absolute Gasteiger partial charge is 0.471 e. The van der Waals surface area contributed by atoms with Crippen LogP contribution in [0.2, 0.25) is 10.0 Å². The highest BCUT2D eigenvalue weighted by Gasteiger charge is 2.44. The third kappa shape index (κ3) is 8.58. The zero-order chi connectivity index (χ0) is 34.0. The topological polar surface area (TPSA) is 141 Å². The van der Waals surface area contributed by atoms with E-state index in [0.717, 1.165) is 0 Å². The summed E-state index contributed by atoms with van der Waals surface area (Å²) in [6.45, 7) is -1.65. The van der Waals surface area contributed by atoms with Crippen molar-refractivity contribution < 1.29 is 54.6 Å². The van der Waals surface area contributed by atoms with E-state index in [9.17, 15) is 44.7 Å². The van der Waals surface area contributed by atoms with Crippen LogP contribution >= 0.6 is 23.2 Å². The molecule has 1 unspecified atom stereocenters. The highest BCUT2D eigenvalue weighted by Crippen LogP contribution is 2.38. The van der Waals surface area contributed by atoms with Crippen LogP contribution in [0.1, 0.15) is 41.6 Å². The Morgan fingerprint density at radius 1 is 1.07 bits per heavy atom. The Balaban J connectivity index is 1.55. The number of aliphatic hydroxyl groups excluding tert-OH is 1. The second-order valence-electron chi connectivity index (χ2n) is 10.2. The van der Waals surface area contributed by atoms with Crippen LogP contribution in [0.15, 0.2) is 18.2 Å². The van der Waals surface area contributed by atoms with Crippen LogP contribution in [0.4, 0.5) is 46.8 Å². The standard InChI is InChI=1S/C26H24Cl2F8N6O4/c27-14-6-1-10(8-37-22(45)19(43)26(34,35)36)17(28)18(14)40-24-39-15-7-13(23(41-20(15)42-24)46-9-16(29)30)21(44)38-12-4-2-11(3-5-12)25(31,32)33/h1,6-7,11-12,16,19,43H,2-5,8-9H2,(H,37,45)(H,38,44)(H2,39,40,41,42). The van der Waals surface area contributed by atoms with Crippen molar-refractivity contribution in [3.05, 3.63) is 39.4 Å². The van der Waals surface area contributed by atoms with Crippen LogP contribution in [0.3, 0.4) is 0 Å². The fourth-order valence-corrected chi connectivity index (χ4v) is 5.15. The number of anilines is 2. The lowest BCUT2D eigenvalue weighted by atomic mass is 9.85. The second-order valence-corrected chi connectivity index (χ2v) is 11.0. The number of fused-ring (bicyclic) bond motifs is 1. The van der Waals surface area contributed by atoms with Crippen molar-refractivity contribution in [3.63, 3.8) is 0 Å². The predicted molar refractivity (Wildman–Crippen MR) is 148 cm³/mol. The summed E-state index contributed by atoms with van der Waals surface area (Å²) in [5, 5.41) is 16.2. The third-order valence-electron chi connectivity index (χ3n) is 6.98. The number of ether oxygens (including phenoxy) is 1. The molecule has 2 aromatic heterocycles. The molecule has 1 fully saturated rings. The van der Waals surface area contributed by atoms with Crippen molar-refractivity contribution in [2.75, 3.05) is 11.9 Å². The van der Waals surface area contributed by atoms with Gasteiger partial charge in [-0.2, -0.15) is 36.3 Å². The molecule has 0 aliphatic heterocycles. The van der Waals surface area contributed by atoms with Crippen molar-refractivity contribution in [1.29, 1.82) is 0 Å². The molecular formula is C26H24Cl2F8N6O4. The third-order valence-corrected chi connectivity index (χ3v) is 7.73. The summed E-state index contributed by atoms with van der Waals surface area (Å²) in [6.07, 6.45) is -16.0. The van der Waals surface area contributed by atoms with Crippen LogP contribution < -0.4 is 20.7 Å². The Bertz CT molecular complexity index is 1580. The number of rotatable bonds is 10. The molecule has 1 aromatic carbocycles. The van der Waals surface area contributed by atoms with E-state index < -0.39 is 67.7 Å². The first-order valence-electron chi connectivity index (χ1n) is 13.4. The lowest BCUT2D eigenvalue weighted by molar-refractivity contribution is -0.205. The average molecular weight is 707 g/mol. The van der Waals surface area contributed by atoms with Crippen LogP contribution in [0.5, 0.6) is 5.88 Å². The lowest BCUT2D eigenvalue weighted by Crippen LogP contribution is -2.43. The van der Waals surface area contributed by atoms with Gasteiger partial charge in [-0.1, -0.05) is 29.3 Å². The molecule has 4 rings (SSSR count). The van der Waals surface area contributed by atoms with E-state index in [-0.39, 0.29) is 69.7 Å². The van der Waals surface area contributed by atoms with E-state index in [1.807, 2.05) is 5.32 Å². The minimum absolute atomic E-state index is 0.00471. The molecule has 0 saturated heterocycles. The quantitative estimate of drug-likeness (QED) is 0.162. The first-order valence-corrected chi connectivity index (χ1v) is 14.1. The summed E-state index contributed by atoms with van der Waals surface area (Å²) in [4.78, 5) is 35.7. The Hall–Kier alpha value is -3.64. The number of halogens is 10. The van der Waals surface area contributed by atoms with Gasteiger partial charge in [0.2, 0.25) is 17.9 Å². The van der Waals surface area contributed by atoms with Crippen LogP contribution in [0.25, 0.3) is 11.2 Å².